The van der Waals surface area contributed by atoms with E-state index in [9.17, 15) is 4.79 Å². The quantitative estimate of drug-likeness (QED) is 0.678. The van der Waals surface area contributed by atoms with E-state index >= 15 is 0 Å². The van der Waals surface area contributed by atoms with Gasteiger partial charge in [0, 0.05) is 23.9 Å². The Balaban J connectivity index is 1.83. The summed E-state index contributed by atoms with van der Waals surface area (Å²) in [5.74, 6) is -0.0424. The number of nitrogens with zero attached hydrogens (tertiary/aromatic N) is 2. The molecule has 1 atom stereocenters. The van der Waals surface area contributed by atoms with Gasteiger partial charge in [-0.15, -0.1) is 0 Å². The van der Waals surface area contributed by atoms with Crippen molar-refractivity contribution in [3.8, 4) is 11.3 Å². The van der Waals surface area contributed by atoms with Gasteiger partial charge in [0.2, 0.25) is 5.91 Å². The first-order valence-corrected chi connectivity index (χ1v) is 9.23. The van der Waals surface area contributed by atoms with Gasteiger partial charge in [-0.05, 0) is 11.5 Å². The monoisotopic (exact) mass is 362 g/mol. The number of hydrogen-bond acceptors (Lipinski definition) is 3. The maximum absolute atomic E-state index is 12.2. The molecule has 0 saturated carbocycles. The molecule has 0 fully saturated rings. The van der Waals surface area contributed by atoms with Crippen molar-refractivity contribution < 1.29 is 4.79 Å². The lowest BCUT2D eigenvalue weighted by atomic mass is 10.0. The van der Waals surface area contributed by atoms with Gasteiger partial charge in [0.15, 0.2) is 0 Å². The van der Waals surface area contributed by atoms with E-state index in [0.717, 1.165) is 16.8 Å². The van der Waals surface area contributed by atoms with Gasteiger partial charge >= 0.3 is 0 Å². The van der Waals surface area contributed by atoms with Gasteiger partial charge in [0.05, 0.1) is 18.3 Å². The minimum atomic E-state index is -0.510. The van der Waals surface area contributed by atoms with E-state index < -0.39 is 6.04 Å². The lowest BCUT2D eigenvalue weighted by Crippen LogP contribution is -2.43. The van der Waals surface area contributed by atoms with Crippen LogP contribution in [0.2, 0.25) is 0 Å². The van der Waals surface area contributed by atoms with Gasteiger partial charge in [-0.25, -0.2) is 0 Å². The van der Waals surface area contributed by atoms with Crippen molar-refractivity contribution in [2.45, 2.75) is 33.0 Å². The Kier molecular flexibility index (Phi) is 6.04. The minimum absolute atomic E-state index is 0.0967. The zero-order valence-electron chi connectivity index (χ0n) is 15.8. The summed E-state index contributed by atoms with van der Waals surface area (Å²) in [6.07, 6.45) is 2.00. The van der Waals surface area contributed by atoms with Crippen LogP contribution >= 0.6 is 0 Å². The van der Waals surface area contributed by atoms with Gasteiger partial charge in [0.1, 0.15) is 0 Å². The molecule has 3 N–H and O–H groups in total. The standard InChI is InChI=1S/C22H26N4O/c1-16(2)20(23)22(27)24-13-19-15-26(14-17-9-5-3-6-10-17)25-21(19)18-11-7-4-8-12-18/h3-12,15-16,20H,13-14,23H2,1-2H3,(H,24,27)/t20-/m0/s1. The second kappa shape index (κ2) is 8.64. The van der Waals surface area contributed by atoms with Crippen LogP contribution in [-0.4, -0.2) is 21.7 Å². The first-order chi connectivity index (χ1) is 13.0. The minimum Gasteiger partial charge on any atom is -0.351 e. The van der Waals surface area contributed by atoms with Crippen molar-refractivity contribution in [3.05, 3.63) is 78.0 Å². The largest absolute Gasteiger partial charge is 0.351 e. The maximum Gasteiger partial charge on any atom is 0.237 e. The number of carbonyl (C=O) groups is 1. The number of amides is 1. The van der Waals surface area contributed by atoms with Crippen LogP contribution in [0.15, 0.2) is 66.9 Å². The predicted octanol–water partition coefficient (Wildman–Crippen LogP) is 3.20. The molecular weight excluding hydrogens is 336 g/mol. The number of carbonyl (C=O) groups excluding carboxylic acids is 1. The first kappa shape index (κ1) is 18.9. The number of hydrogen-bond donors (Lipinski definition) is 2. The molecule has 140 valence electrons. The van der Waals surface area contributed by atoms with Gasteiger partial charge < -0.3 is 11.1 Å². The summed E-state index contributed by atoms with van der Waals surface area (Å²) in [7, 11) is 0. The summed E-state index contributed by atoms with van der Waals surface area (Å²) < 4.78 is 1.92. The fraction of sp³-hybridized carbons (Fsp3) is 0.273. The molecule has 0 unspecified atom stereocenters. The predicted molar refractivity (Wildman–Crippen MR) is 108 cm³/mol. The topological polar surface area (TPSA) is 72.9 Å². The van der Waals surface area contributed by atoms with Crippen molar-refractivity contribution in [1.29, 1.82) is 0 Å². The van der Waals surface area contributed by atoms with Crippen molar-refractivity contribution >= 4 is 5.91 Å². The molecule has 2 aromatic carbocycles. The average Bonchev–Trinajstić information content (AvgIpc) is 3.09. The summed E-state index contributed by atoms with van der Waals surface area (Å²) in [6, 6.07) is 19.7. The van der Waals surface area contributed by atoms with Gasteiger partial charge in [-0.3, -0.25) is 9.48 Å². The zero-order valence-corrected chi connectivity index (χ0v) is 15.8. The van der Waals surface area contributed by atoms with Crippen LogP contribution in [0.5, 0.6) is 0 Å². The molecule has 0 aliphatic carbocycles. The van der Waals surface area contributed by atoms with E-state index in [4.69, 9.17) is 10.8 Å². The average molecular weight is 362 g/mol. The van der Waals surface area contributed by atoms with Crippen LogP contribution in [0.25, 0.3) is 11.3 Å². The summed E-state index contributed by atoms with van der Waals surface area (Å²) in [5.41, 5.74) is 10.0. The van der Waals surface area contributed by atoms with E-state index in [0.29, 0.717) is 13.1 Å². The van der Waals surface area contributed by atoms with Crippen molar-refractivity contribution in [2.75, 3.05) is 0 Å². The lowest BCUT2D eigenvalue weighted by Gasteiger charge is -2.15. The highest BCUT2D eigenvalue weighted by molar-refractivity contribution is 5.81. The molecule has 27 heavy (non-hydrogen) atoms. The molecule has 0 aliphatic heterocycles. The van der Waals surface area contributed by atoms with E-state index in [-0.39, 0.29) is 11.8 Å². The SMILES string of the molecule is CC(C)[C@H](N)C(=O)NCc1cn(Cc2ccccc2)nc1-c1ccccc1. The molecule has 0 spiro atoms. The van der Waals surface area contributed by atoms with E-state index in [1.165, 1.54) is 5.56 Å². The third-order valence-electron chi connectivity index (χ3n) is 4.55. The molecule has 3 aromatic rings. The van der Waals surface area contributed by atoms with Crippen LogP contribution in [0.3, 0.4) is 0 Å². The highest BCUT2D eigenvalue weighted by Crippen LogP contribution is 2.22. The summed E-state index contributed by atoms with van der Waals surface area (Å²) in [6.45, 7) is 4.97. The molecule has 0 saturated heterocycles. The molecule has 1 heterocycles. The van der Waals surface area contributed by atoms with Crippen molar-refractivity contribution in [2.24, 2.45) is 11.7 Å². The van der Waals surface area contributed by atoms with Crippen LogP contribution in [-0.2, 0) is 17.9 Å². The molecule has 0 aliphatic rings. The third kappa shape index (κ3) is 4.83. The van der Waals surface area contributed by atoms with Gasteiger partial charge in [-0.2, -0.15) is 5.10 Å². The Bertz CT molecular complexity index is 872. The van der Waals surface area contributed by atoms with E-state index in [1.807, 2.05) is 73.3 Å². The maximum atomic E-state index is 12.2. The number of aromatic nitrogens is 2. The fourth-order valence-corrected chi connectivity index (χ4v) is 2.89. The molecule has 5 heteroatoms. The highest BCUT2D eigenvalue weighted by atomic mass is 16.2. The second-order valence-electron chi connectivity index (χ2n) is 7.04. The van der Waals surface area contributed by atoms with Crippen molar-refractivity contribution in [3.63, 3.8) is 0 Å². The number of rotatable bonds is 7. The Morgan fingerprint density at radius 2 is 1.70 bits per heavy atom. The molecule has 1 aromatic heterocycles. The summed E-state index contributed by atoms with van der Waals surface area (Å²) >= 11 is 0. The molecular formula is C22H26N4O. The Labute approximate surface area is 160 Å². The van der Waals surface area contributed by atoms with Crippen LogP contribution < -0.4 is 11.1 Å². The smallest absolute Gasteiger partial charge is 0.237 e. The van der Waals surface area contributed by atoms with Crippen molar-refractivity contribution in [1.82, 2.24) is 15.1 Å². The second-order valence-corrected chi connectivity index (χ2v) is 7.04. The van der Waals surface area contributed by atoms with Gasteiger partial charge in [0.25, 0.3) is 0 Å². The first-order valence-electron chi connectivity index (χ1n) is 9.23. The zero-order chi connectivity index (χ0) is 19.2. The molecule has 0 radical (unpaired) electrons. The molecule has 0 bridgehead atoms. The molecule has 1 amide bonds. The van der Waals surface area contributed by atoms with Crippen LogP contribution in [0.1, 0.15) is 25.0 Å². The van der Waals surface area contributed by atoms with Gasteiger partial charge in [-0.1, -0.05) is 74.5 Å². The Morgan fingerprint density at radius 3 is 2.33 bits per heavy atom. The third-order valence-corrected chi connectivity index (χ3v) is 4.55. The van der Waals surface area contributed by atoms with E-state index in [2.05, 4.69) is 17.4 Å². The number of nitrogens with two attached hydrogens (primary N) is 1. The Hall–Kier alpha value is -2.92. The Morgan fingerprint density at radius 1 is 1.07 bits per heavy atom. The number of benzene rings is 2. The van der Waals surface area contributed by atoms with Crippen LogP contribution in [0, 0.1) is 5.92 Å². The summed E-state index contributed by atoms with van der Waals surface area (Å²) in [5, 5.41) is 7.72. The highest BCUT2D eigenvalue weighted by Gasteiger charge is 2.18. The lowest BCUT2D eigenvalue weighted by molar-refractivity contribution is -0.123. The summed E-state index contributed by atoms with van der Waals surface area (Å²) in [4.78, 5) is 12.2. The fourth-order valence-electron chi connectivity index (χ4n) is 2.89. The molecule has 5 nitrogen and oxygen atoms in total. The normalized spacial score (nSPS) is 12.1. The van der Waals surface area contributed by atoms with E-state index in [1.54, 1.807) is 0 Å². The molecule has 3 rings (SSSR count). The number of nitrogens with one attached hydrogen (secondary N) is 1. The van der Waals surface area contributed by atoms with Crippen LogP contribution in [0.4, 0.5) is 0 Å².